The SMILES string of the molecule is NCC1CN(C(=O)C2(c3ccc(Br)cc3)CC2)CCO1. The molecule has 108 valence electrons. The van der Waals surface area contributed by atoms with Gasteiger partial charge in [0.2, 0.25) is 5.91 Å². The highest BCUT2D eigenvalue weighted by Crippen LogP contribution is 2.49. The predicted octanol–water partition coefficient (Wildman–Crippen LogP) is 1.67. The number of rotatable bonds is 3. The van der Waals surface area contributed by atoms with E-state index in [0.717, 1.165) is 22.9 Å². The van der Waals surface area contributed by atoms with Crippen molar-refractivity contribution in [1.29, 1.82) is 0 Å². The molecule has 1 amide bonds. The minimum absolute atomic E-state index is 0.0200. The van der Waals surface area contributed by atoms with Gasteiger partial charge in [-0.2, -0.15) is 0 Å². The molecule has 1 aliphatic heterocycles. The zero-order chi connectivity index (χ0) is 14.2. The number of nitrogens with two attached hydrogens (primary N) is 1. The number of halogens is 1. The van der Waals surface area contributed by atoms with Crippen LogP contribution in [0, 0.1) is 0 Å². The molecule has 1 unspecified atom stereocenters. The van der Waals surface area contributed by atoms with E-state index < -0.39 is 0 Å². The fourth-order valence-electron chi connectivity index (χ4n) is 2.87. The van der Waals surface area contributed by atoms with Crippen molar-refractivity contribution < 1.29 is 9.53 Å². The van der Waals surface area contributed by atoms with Crippen LogP contribution >= 0.6 is 15.9 Å². The number of carbonyl (C=O) groups excluding carboxylic acids is 1. The lowest BCUT2D eigenvalue weighted by Gasteiger charge is -2.35. The summed E-state index contributed by atoms with van der Waals surface area (Å²) in [4.78, 5) is 14.8. The Kier molecular flexibility index (Phi) is 3.84. The molecule has 1 aromatic carbocycles. The summed E-state index contributed by atoms with van der Waals surface area (Å²) in [5.41, 5.74) is 6.48. The Labute approximate surface area is 127 Å². The van der Waals surface area contributed by atoms with Crippen LogP contribution in [0.2, 0.25) is 0 Å². The molecule has 0 aromatic heterocycles. The maximum Gasteiger partial charge on any atom is 0.233 e. The number of carbonyl (C=O) groups is 1. The number of morpholine rings is 1. The lowest BCUT2D eigenvalue weighted by molar-refractivity contribution is -0.141. The lowest BCUT2D eigenvalue weighted by Crippen LogP contribution is -2.51. The topological polar surface area (TPSA) is 55.6 Å². The Bertz CT molecular complexity index is 499. The van der Waals surface area contributed by atoms with Gasteiger partial charge in [-0.3, -0.25) is 4.79 Å². The summed E-state index contributed by atoms with van der Waals surface area (Å²) in [6.07, 6.45) is 1.87. The molecular formula is C15H19BrN2O2. The van der Waals surface area contributed by atoms with Crippen LogP contribution in [0.15, 0.2) is 28.7 Å². The van der Waals surface area contributed by atoms with Crippen LogP contribution in [-0.2, 0) is 14.9 Å². The standard InChI is InChI=1S/C15H19BrN2O2/c16-12-3-1-11(2-4-12)15(5-6-15)14(19)18-7-8-20-13(9-17)10-18/h1-4,13H,5-10,17H2. The summed E-state index contributed by atoms with van der Waals surface area (Å²) in [6, 6.07) is 8.11. The second-order valence-electron chi connectivity index (χ2n) is 5.57. The third-order valence-electron chi connectivity index (χ3n) is 4.25. The van der Waals surface area contributed by atoms with Crippen LogP contribution in [0.5, 0.6) is 0 Å². The highest BCUT2D eigenvalue weighted by molar-refractivity contribution is 9.10. The van der Waals surface area contributed by atoms with Gasteiger partial charge in [0.05, 0.1) is 18.1 Å². The molecule has 1 aromatic rings. The van der Waals surface area contributed by atoms with Crippen molar-refractivity contribution in [2.75, 3.05) is 26.2 Å². The Hall–Kier alpha value is -0.910. The van der Waals surface area contributed by atoms with E-state index in [9.17, 15) is 4.79 Å². The Morgan fingerprint density at radius 1 is 1.40 bits per heavy atom. The zero-order valence-electron chi connectivity index (χ0n) is 11.3. The van der Waals surface area contributed by atoms with Crippen LogP contribution in [0.3, 0.4) is 0 Å². The van der Waals surface area contributed by atoms with E-state index in [4.69, 9.17) is 10.5 Å². The molecule has 2 fully saturated rings. The minimum atomic E-state index is -0.294. The van der Waals surface area contributed by atoms with Gasteiger partial charge >= 0.3 is 0 Å². The van der Waals surface area contributed by atoms with Gasteiger partial charge in [-0.05, 0) is 30.5 Å². The molecule has 1 heterocycles. The van der Waals surface area contributed by atoms with Crippen LogP contribution in [0.1, 0.15) is 18.4 Å². The minimum Gasteiger partial charge on any atom is -0.373 e. The summed E-state index contributed by atoms with van der Waals surface area (Å²) >= 11 is 3.44. The third-order valence-corrected chi connectivity index (χ3v) is 4.77. The van der Waals surface area contributed by atoms with Crippen molar-refractivity contribution in [3.05, 3.63) is 34.3 Å². The normalized spacial score (nSPS) is 24.5. The van der Waals surface area contributed by atoms with Gasteiger partial charge < -0.3 is 15.4 Å². The molecule has 3 rings (SSSR count). The van der Waals surface area contributed by atoms with Crippen LogP contribution in [0.4, 0.5) is 0 Å². The van der Waals surface area contributed by atoms with E-state index >= 15 is 0 Å². The number of nitrogens with zero attached hydrogens (tertiary/aromatic N) is 1. The van der Waals surface area contributed by atoms with Crippen molar-refractivity contribution in [2.24, 2.45) is 5.73 Å². The van der Waals surface area contributed by atoms with Crippen molar-refractivity contribution >= 4 is 21.8 Å². The maximum atomic E-state index is 12.8. The van der Waals surface area contributed by atoms with E-state index in [0.29, 0.717) is 26.2 Å². The van der Waals surface area contributed by atoms with Crippen molar-refractivity contribution in [1.82, 2.24) is 4.90 Å². The summed E-state index contributed by atoms with van der Waals surface area (Å²) in [7, 11) is 0. The molecule has 4 nitrogen and oxygen atoms in total. The number of hydrogen-bond donors (Lipinski definition) is 1. The smallest absolute Gasteiger partial charge is 0.233 e. The van der Waals surface area contributed by atoms with Crippen LogP contribution < -0.4 is 5.73 Å². The first-order chi connectivity index (χ1) is 9.65. The molecule has 2 aliphatic rings. The molecule has 1 saturated heterocycles. The molecule has 1 aliphatic carbocycles. The second-order valence-corrected chi connectivity index (χ2v) is 6.48. The second kappa shape index (κ2) is 5.47. The van der Waals surface area contributed by atoms with E-state index in [1.165, 1.54) is 0 Å². The van der Waals surface area contributed by atoms with Gasteiger partial charge in [0, 0.05) is 24.1 Å². The average molecular weight is 339 g/mol. The summed E-state index contributed by atoms with van der Waals surface area (Å²) in [5.74, 6) is 0.238. The lowest BCUT2D eigenvalue weighted by atomic mass is 9.94. The van der Waals surface area contributed by atoms with E-state index in [2.05, 4.69) is 28.1 Å². The van der Waals surface area contributed by atoms with E-state index in [1.807, 2.05) is 17.0 Å². The van der Waals surface area contributed by atoms with Gasteiger partial charge in [0.1, 0.15) is 0 Å². The third kappa shape index (κ3) is 2.50. The van der Waals surface area contributed by atoms with Crippen LogP contribution in [-0.4, -0.2) is 43.2 Å². The van der Waals surface area contributed by atoms with E-state index in [-0.39, 0.29) is 17.4 Å². The summed E-state index contributed by atoms with van der Waals surface area (Å²) in [5, 5.41) is 0. The van der Waals surface area contributed by atoms with Gasteiger partial charge in [-0.1, -0.05) is 28.1 Å². The highest BCUT2D eigenvalue weighted by Gasteiger charge is 2.53. The fraction of sp³-hybridized carbons (Fsp3) is 0.533. The maximum absolute atomic E-state index is 12.8. The van der Waals surface area contributed by atoms with Crippen molar-refractivity contribution in [2.45, 2.75) is 24.4 Å². The predicted molar refractivity (Wildman–Crippen MR) is 80.4 cm³/mol. The molecule has 1 saturated carbocycles. The summed E-state index contributed by atoms with van der Waals surface area (Å²) < 4.78 is 6.58. The van der Waals surface area contributed by atoms with Gasteiger partial charge in [-0.25, -0.2) is 0 Å². The molecule has 0 bridgehead atoms. The molecule has 0 radical (unpaired) electrons. The molecule has 0 spiro atoms. The zero-order valence-corrected chi connectivity index (χ0v) is 12.9. The number of amides is 1. The first-order valence-electron chi connectivity index (χ1n) is 7.03. The molecular weight excluding hydrogens is 320 g/mol. The van der Waals surface area contributed by atoms with Gasteiger partial charge in [0.25, 0.3) is 0 Å². The molecule has 20 heavy (non-hydrogen) atoms. The molecule has 1 atom stereocenters. The Morgan fingerprint density at radius 2 is 2.10 bits per heavy atom. The first kappa shape index (κ1) is 14.0. The van der Waals surface area contributed by atoms with Gasteiger partial charge in [0.15, 0.2) is 0 Å². The first-order valence-corrected chi connectivity index (χ1v) is 7.82. The molecule has 5 heteroatoms. The van der Waals surface area contributed by atoms with Gasteiger partial charge in [-0.15, -0.1) is 0 Å². The van der Waals surface area contributed by atoms with Crippen molar-refractivity contribution in [3.8, 4) is 0 Å². The fourth-order valence-corrected chi connectivity index (χ4v) is 3.13. The van der Waals surface area contributed by atoms with E-state index in [1.54, 1.807) is 0 Å². The number of benzene rings is 1. The molecule has 2 N–H and O–H groups in total. The monoisotopic (exact) mass is 338 g/mol. The largest absolute Gasteiger partial charge is 0.373 e. The number of hydrogen-bond acceptors (Lipinski definition) is 3. The van der Waals surface area contributed by atoms with Crippen molar-refractivity contribution in [3.63, 3.8) is 0 Å². The average Bonchev–Trinajstić information content (AvgIpc) is 3.29. The highest BCUT2D eigenvalue weighted by atomic mass is 79.9. The number of ether oxygens (including phenoxy) is 1. The van der Waals surface area contributed by atoms with Crippen LogP contribution in [0.25, 0.3) is 0 Å². The quantitative estimate of drug-likeness (QED) is 0.911. The Morgan fingerprint density at radius 3 is 2.70 bits per heavy atom. The summed E-state index contributed by atoms with van der Waals surface area (Å²) in [6.45, 7) is 2.35. The Balaban J connectivity index is 1.77.